The molecule has 0 N–H and O–H groups in total. The number of hydrogen-bond acceptors (Lipinski definition) is 3. The van der Waals surface area contributed by atoms with Gasteiger partial charge in [0, 0.05) is 29.0 Å². The standard InChI is InChI=1S/C22H25N3O2/c1-12-11-27-13(2)17(12)18-14-8-9-16-21(3,4)20(26)15(23-6)10-22(16,5)19(14)24-25(18)7/h10-11,16H,8-9H2,1-5,7H3/t16-,22-/m0/s1. The van der Waals surface area contributed by atoms with Crippen LogP contribution >= 0.6 is 0 Å². The lowest BCUT2D eigenvalue weighted by molar-refractivity contribution is -0.128. The van der Waals surface area contributed by atoms with Gasteiger partial charge in [0.25, 0.3) is 0 Å². The molecular weight excluding hydrogens is 338 g/mol. The molecule has 2 aliphatic carbocycles. The lowest BCUT2D eigenvalue weighted by atomic mass is 9.53. The summed E-state index contributed by atoms with van der Waals surface area (Å²) in [5, 5.41) is 4.92. The van der Waals surface area contributed by atoms with Gasteiger partial charge in [0.2, 0.25) is 5.70 Å². The lowest BCUT2D eigenvalue weighted by Crippen LogP contribution is -2.50. The van der Waals surface area contributed by atoms with E-state index in [4.69, 9.17) is 16.1 Å². The van der Waals surface area contributed by atoms with Crippen LogP contribution in [0.1, 0.15) is 49.8 Å². The van der Waals surface area contributed by atoms with Gasteiger partial charge in [-0.1, -0.05) is 26.8 Å². The first-order chi connectivity index (χ1) is 12.6. The van der Waals surface area contributed by atoms with Crippen LogP contribution in [-0.2, 0) is 23.7 Å². The fourth-order valence-corrected chi connectivity index (χ4v) is 5.43. The summed E-state index contributed by atoms with van der Waals surface area (Å²) < 4.78 is 7.58. The van der Waals surface area contributed by atoms with E-state index in [1.54, 1.807) is 6.26 Å². The molecule has 5 heteroatoms. The Balaban J connectivity index is 2.00. The van der Waals surface area contributed by atoms with E-state index in [9.17, 15) is 4.79 Å². The van der Waals surface area contributed by atoms with Gasteiger partial charge in [-0.25, -0.2) is 4.85 Å². The van der Waals surface area contributed by atoms with E-state index in [2.05, 4.69) is 18.7 Å². The molecule has 2 heterocycles. The number of aromatic nitrogens is 2. The minimum atomic E-state index is -0.569. The van der Waals surface area contributed by atoms with Crippen molar-refractivity contribution >= 4 is 5.78 Å². The van der Waals surface area contributed by atoms with E-state index < -0.39 is 10.8 Å². The number of rotatable bonds is 1. The molecule has 0 radical (unpaired) electrons. The van der Waals surface area contributed by atoms with Gasteiger partial charge >= 0.3 is 0 Å². The van der Waals surface area contributed by atoms with E-state index in [1.807, 2.05) is 38.6 Å². The normalized spacial score (nSPS) is 26.2. The highest BCUT2D eigenvalue weighted by Gasteiger charge is 2.55. The summed E-state index contributed by atoms with van der Waals surface area (Å²) in [6.45, 7) is 17.6. The molecule has 2 atom stereocenters. The van der Waals surface area contributed by atoms with Gasteiger partial charge in [-0.05, 0) is 38.2 Å². The zero-order valence-electron chi connectivity index (χ0n) is 16.8. The van der Waals surface area contributed by atoms with E-state index in [0.717, 1.165) is 41.1 Å². The number of nitrogens with zero attached hydrogens (tertiary/aromatic N) is 3. The van der Waals surface area contributed by atoms with Crippen molar-refractivity contribution in [3.8, 4) is 11.3 Å². The molecule has 0 aliphatic heterocycles. The Morgan fingerprint density at radius 3 is 2.63 bits per heavy atom. The van der Waals surface area contributed by atoms with Gasteiger partial charge in [-0.2, -0.15) is 5.10 Å². The smallest absolute Gasteiger partial charge is 0.226 e. The highest BCUT2D eigenvalue weighted by molar-refractivity contribution is 6.02. The molecule has 4 rings (SSSR count). The van der Waals surface area contributed by atoms with Gasteiger partial charge in [0.1, 0.15) is 5.76 Å². The first-order valence-corrected chi connectivity index (χ1v) is 9.39. The van der Waals surface area contributed by atoms with Crippen LogP contribution in [0.5, 0.6) is 0 Å². The number of ketones is 1. The molecule has 2 aromatic heterocycles. The molecule has 2 aliphatic rings. The molecule has 0 saturated carbocycles. The lowest BCUT2D eigenvalue weighted by Gasteiger charge is -2.49. The van der Waals surface area contributed by atoms with Crippen molar-refractivity contribution in [2.75, 3.05) is 0 Å². The molecular formula is C22H25N3O2. The molecule has 27 heavy (non-hydrogen) atoms. The second-order valence-electron chi connectivity index (χ2n) is 8.72. The second kappa shape index (κ2) is 5.45. The van der Waals surface area contributed by atoms with Gasteiger partial charge in [0.15, 0.2) is 5.78 Å². The molecule has 2 aromatic rings. The molecule has 0 bridgehead atoms. The van der Waals surface area contributed by atoms with Crippen molar-refractivity contribution in [2.24, 2.45) is 18.4 Å². The highest BCUT2D eigenvalue weighted by atomic mass is 16.3. The largest absolute Gasteiger partial charge is 0.469 e. The van der Waals surface area contributed by atoms with Crippen LogP contribution in [0.25, 0.3) is 16.1 Å². The molecule has 0 saturated heterocycles. The summed E-state index contributed by atoms with van der Waals surface area (Å²) in [5.41, 5.74) is 4.77. The number of hydrogen-bond donors (Lipinski definition) is 0. The molecule has 140 valence electrons. The number of Topliss-reactive ketones (excluding diaryl/α,β-unsaturated/α-hetero) is 1. The Hall–Kier alpha value is -2.61. The Kier molecular flexibility index (Phi) is 3.59. The average molecular weight is 363 g/mol. The summed E-state index contributed by atoms with van der Waals surface area (Å²) >= 11 is 0. The third-order valence-electron chi connectivity index (χ3n) is 6.70. The van der Waals surface area contributed by atoms with Crippen LogP contribution in [0.3, 0.4) is 0 Å². The van der Waals surface area contributed by atoms with Crippen molar-refractivity contribution < 1.29 is 9.21 Å². The van der Waals surface area contributed by atoms with Crippen LogP contribution in [0.2, 0.25) is 0 Å². The van der Waals surface area contributed by atoms with Crippen molar-refractivity contribution in [2.45, 2.75) is 52.9 Å². The Labute approximate surface area is 159 Å². The van der Waals surface area contributed by atoms with Gasteiger partial charge in [0.05, 0.1) is 24.2 Å². The highest BCUT2D eigenvalue weighted by Crippen LogP contribution is 2.55. The maximum atomic E-state index is 12.8. The van der Waals surface area contributed by atoms with Gasteiger partial charge < -0.3 is 9.21 Å². The topological polar surface area (TPSA) is 52.4 Å². The van der Waals surface area contributed by atoms with Crippen LogP contribution in [0.15, 0.2) is 22.5 Å². The van der Waals surface area contributed by atoms with Crippen LogP contribution in [0.4, 0.5) is 0 Å². The minimum Gasteiger partial charge on any atom is -0.469 e. The van der Waals surface area contributed by atoms with Gasteiger partial charge in [-0.3, -0.25) is 4.68 Å². The fourth-order valence-electron chi connectivity index (χ4n) is 5.43. The molecule has 0 amide bonds. The molecule has 5 nitrogen and oxygen atoms in total. The van der Waals surface area contributed by atoms with Crippen molar-refractivity contribution in [1.82, 2.24) is 9.78 Å². The van der Waals surface area contributed by atoms with Crippen molar-refractivity contribution in [1.29, 1.82) is 0 Å². The quantitative estimate of drug-likeness (QED) is 0.700. The van der Waals surface area contributed by atoms with E-state index in [1.165, 1.54) is 5.56 Å². The van der Waals surface area contributed by atoms with Gasteiger partial charge in [-0.15, -0.1) is 0 Å². The average Bonchev–Trinajstić information content (AvgIpc) is 3.10. The summed E-state index contributed by atoms with van der Waals surface area (Å²) in [6, 6.07) is 0. The number of allylic oxidation sites excluding steroid dienone is 2. The minimum absolute atomic E-state index is 0.0406. The van der Waals surface area contributed by atoms with Crippen molar-refractivity contribution in [3.05, 3.63) is 52.0 Å². The van der Waals surface area contributed by atoms with Crippen LogP contribution in [-0.4, -0.2) is 15.6 Å². The maximum absolute atomic E-state index is 12.8. The second-order valence-corrected chi connectivity index (χ2v) is 8.72. The number of carbonyl (C=O) groups is 1. The molecule has 0 aromatic carbocycles. The maximum Gasteiger partial charge on any atom is 0.226 e. The van der Waals surface area contributed by atoms with Crippen molar-refractivity contribution in [3.63, 3.8) is 0 Å². The van der Waals surface area contributed by atoms with Crippen LogP contribution < -0.4 is 0 Å². The fraction of sp³-hybridized carbons (Fsp3) is 0.500. The van der Waals surface area contributed by atoms with Crippen LogP contribution in [0, 0.1) is 31.8 Å². The molecule has 0 unspecified atom stereocenters. The Bertz CT molecular complexity index is 1030. The zero-order chi connectivity index (χ0) is 19.7. The van der Waals surface area contributed by atoms with E-state index >= 15 is 0 Å². The first kappa shape index (κ1) is 17.8. The Morgan fingerprint density at radius 2 is 2.04 bits per heavy atom. The first-order valence-electron chi connectivity index (χ1n) is 9.39. The predicted molar refractivity (Wildman–Crippen MR) is 103 cm³/mol. The summed E-state index contributed by atoms with van der Waals surface area (Å²) in [4.78, 5) is 16.4. The number of carbonyl (C=O) groups excluding carboxylic acids is 1. The zero-order valence-corrected chi connectivity index (χ0v) is 16.8. The predicted octanol–water partition coefficient (Wildman–Crippen LogP) is 4.53. The molecule has 0 spiro atoms. The SMILES string of the molecule is [C-]#[N+]C1=C[C@]2(C)c3nn(C)c(-c4c(C)coc4C)c3CC[C@H]2C(C)(C)C1=O. The summed E-state index contributed by atoms with van der Waals surface area (Å²) in [5.74, 6) is 0.980. The number of aryl methyl sites for hydroxylation is 3. The number of furan rings is 1. The summed E-state index contributed by atoms with van der Waals surface area (Å²) in [7, 11) is 1.97. The van der Waals surface area contributed by atoms with E-state index in [-0.39, 0.29) is 17.4 Å². The summed E-state index contributed by atoms with van der Waals surface area (Å²) in [6.07, 6.45) is 5.44. The Morgan fingerprint density at radius 1 is 1.33 bits per heavy atom. The third kappa shape index (κ3) is 2.16. The monoisotopic (exact) mass is 363 g/mol. The van der Waals surface area contributed by atoms with E-state index in [0.29, 0.717) is 0 Å². The molecule has 0 fully saturated rings. The number of fused-ring (bicyclic) bond motifs is 3. The third-order valence-corrected chi connectivity index (χ3v) is 6.70.